The minimum atomic E-state index is -0.503. The highest BCUT2D eigenvalue weighted by molar-refractivity contribution is 5.81. The lowest BCUT2D eigenvalue weighted by molar-refractivity contribution is -0.152. The van der Waals surface area contributed by atoms with Crippen LogP contribution in [0.15, 0.2) is 30.3 Å². The number of carbonyl (C=O) groups excluding carboxylic acids is 1. The average molecular weight is 289 g/mol. The lowest BCUT2D eigenvalue weighted by Gasteiger charge is -2.31. The van der Waals surface area contributed by atoms with E-state index in [9.17, 15) is 4.79 Å². The van der Waals surface area contributed by atoms with Crippen LogP contribution in [0.1, 0.15) is 51.5 Å². The maximum atomic E-state index is 12.5. The molecule has 21 heavy (non-hydrogen) atoms. The number of carbonyl (C=O) groups is 1. The van der Waals surface area contributed by atoms with Crippen LogP contribution in [0.2, 0.25) is 0 Å². The van der Waals surface area contributed by atoms with Crippen LogP contribution >= 0.6 is 0 Å². The van der Waals surface area contributed by atoms with E-state index in [0.29, 0.717) is 19.1 Å². The Kier molecular flexibility index (Phi) is 5.80. The Labute approximate surface area is 128 Å². The molecular formula is C18H27NO2. The first kappa shape index (κ1) is 16.0. The lowest BCUT2D eigenvalue weighted by Crippen LogP contribution is -2.52. The van der Waals surface area contributed by atoms with E-state index >= 15 is 0 Å². The van der Waals surface area contributed by atoms with Crippen LogP contribution in [0.3, 0.4) is 0 Å². The quantitative estimate of drug-likeness (QED) is 0.664. The highest BCUT2D eigenvalue weighted by atomic mass is 16.5. The Morgan fingerprint density at radius 3 is 2.76 bits per heavy atom. The van der Waals surface area contributed by atoms with Crippen molar-refractivity contribution in [1.82, 2.24) is 5.32 Å². The van der Waals surface area contributed by atoms with Gasteiger partial charge in [-0.25, -0.2) is 0 Å². The molecule has 2 unspecified atom stereocenters. The molecule has 3 nitrogen and oxygen atoms in total. The summed E-state index contributed by atoms with van der Waals surface area (Å²) < 4.78 is 5.36. The zero-order valence-electron chi connectivity index (χ0n) is 13.2. The molecular weight excluding hydrogens is 262 g/mol. The Morgan fingerprint density at radius 1 is 1.29 bits per heavy atom. The lowest BCUT2D eigenvalue weighted by atomic mass is 9.89. The number of hydrogen-bond acceptors (Lipinski definition) is 3. The minimum Gasteiger partial charge on any atom is -0.465 e. The van der Waals surface area contributed by atoms with Crippen LogP contribution in [0.25, 0.3) is 0 Å². The zero-order valence-corrected chi connectivity index (χ0v) is 13.2. The standard InChI is InChI=1S/C18H27NO2/c1-3-21-17(20)18(12-7-8-15(2)11-13-18)19-14-16-9-5-4-6-10-16/h4-6,9-10,15,19H,3,7-8,11-14H2,1-2H3. The summed E-state index contributed by atoms with van der Waals surface area (Å²) in [7, 11) is 0. The van der Waals surface area contributed by atoms with Gasteiger partial charge in [-0.15, -0.1) is 0 Å². The highest BCUT2D eigenvalue weighted by Crippen LogP contribution is 2.31. The number of rotatable bonds is 5. The molecule has 0 amide bonds. The topological polar surface area (TPSA) is 38.3 Å². The van der Waals surface area contributed by atoms with Crippen LogP contribution in [-0.2, 0) is 16.1 Å². The Hall–Kier alpha value is -1.35. The molecule has 1 fully saturated rings. The van der Waals surface area contributed by atoms with Crippen LogP contribution in [0, 0.1) is 5.92 Å². The molecule has 0 radical (unpaired) electrons. The normalized spacial score (nSPS) is 26.1. The van der Waals surface area contributed by atoms with Gasteiger partial charge in [0.15, 0.2) is 0 Å². The molecule has 1 N–H and O–H groups in total. The van der Waals surface area contributed by atoms with Crippen molar-refractivity contribution >= 4 is 5.97 Å². The van der Waals surface area contributed by atoms with Gasteiger partial charge >= 0.3 is 5.97 Å². The van der Waals surface area contributed by atoms with Crippen molar-refractivity contribution in [1.29, 1.82) is 0 Å². The summed E-state index contributed by atoms with van der Waals surface area (Å²) in [6.45, 7) is 5.32. The van der Waals surface area contributed by atoms with Crippen molar-refractivity contribution in [2.24, 2.45) is 5.92 Å². The summed E-state index contributed by atoms with van der Waals surface area (Å²) in [5.74, 6) is 0.620. The second kappa shape index (κ2) is 7.60. The molecule has 3 heteroatoms. The first-order valence-corrected chi connectivity index (χ1v) is 8.12. The molecule has 1 saturated carbocycles. The SMILES string of the molecule is CCOC(=O)C1(NCc2ccccc2)CCCC(C)CC1. The Morgan fingerprint density at radius 2 is 2.05 bits per heavy atom. The number of hydrogen-bond donors (Lipinski definition) is 1. The van der Waals surface area contributed by atoms with E-state index in [1.165, 1.54) is 12.0 Å². The van der Waals surface area contributed by atoms with Crippen molar-refractivity contribution in [2.45, 2.75) is 58.0 Å². The molecule has 0 bridgehead atoms. The predicted molar refractivity (Wildman–Crippen MR) is 84.9 cm³/mol. The van der Waals surface area contributed by atoms with Crippen molar-refractivity contribution in [3.05, 3.63) is 35.9 Å². The van der Waals surface area contributed by atoms with E-state index < -0.39 is 5.54 Å². The van der Waals surface area contributed by atoms with Gasteiger partial charge in [-0.05, 0) is 37.7 Å². The van der Waals surface area contributed by atoms with Gasteiger partial charge in [0.05, 0.1) is 6.61 Å². The number of benzene rings is 1. The van der Waals surface area contributed by atoms with Gasteiger partial charge in [-0.1, -0.05) is 50.1 Å². The zero-order chi connectivity index (χ0) is 15.1. The van der Waals surface area contributed by atoms with Crippen molar-refractivity contribution in [3.8, 4) is 0 Å². The Balaban J connectivity index is 2.09. The highest BCUT2D eigenvalue weighted by Gasteiger charge is 2.40. The molecule has 0 heterocycles. The summed E-state index contributed by atoms with van der Waals surface area (Å²) in [5.41, 5.74) is 0.704. The maximum Gasteiger partial charge on any atom is 0.326 e. The average Bonchev–Trinajstić information content (AvgIpc) is 2.69. The summed E-state index contributed by atoms with van der Waals surface area (Å²) in [5, 5.41) is 3.52. The fourth-order valence-electron chi connectivity index (χ4n) is 3.10. The molecule has 0 spiro atoms. The molecule has 116 valence electrons. The van der Waals surface area contributed by atoms with Crippen LogP contribution < -0.4 is 5.32 Å². The van der Waals surface area contributed by atoms with E-state index in [4.69, 9.17) is 4.74 Å². The second-order valence-electron chi connectivity index (χ2n) is 6.18. The predicted octanol–water partition coefficient (Wildman–Crippen LogP) is 3.68. The molecule has 0 saturated heterocycles. The fraction of sp³-hybridized carbons (Fsp3) is 0.611. The number of esters is 1. The summed E-state index contributed by atoms with van der Waals surface area (Å²) in [6.07, 6.45) is 5.12. The third-order valence-corrected chi connectivity index (χ3v) is 4.50. The number of nitrogens with one attached hydrogen (secondary N) is 1. The van der Waals surface area contributed by atoms with Crippen LogP contribution in [0.4, 0.5) is 0 Å². The van der Waals surface area contributed by atoms with E-state index in [0.717, 1.165) is 25.7 Å². The molecule has 1 aliphatic carbocycles. The Bertz CT molecular complexity index is 446. The van der Waals surface area contributed by atoms with Gasteiger partial charge in [0, 0.05) is 6.54 Å². The third-order valence-electron chi connectivity index (χ3n) is 4.50. The maximum absolute atomic E-state index is 12.5. The molecule has 0 aromatic heterocycles. The molecule has 2 rings (SSSR count). The summed E-state index contributed by atoms with van der Waals surface area (Å²) >= 11 is 0. The summed E-state index contributed by atoms with van der Waals surface area (Å²) in [4.78, 5) is 12.5. The first-order chi connectivity index (χ1) is 10.2. The van der Waals surface area contributed by atoms with Gasteiger partial charge in [0.2, 0.25) is 0 Å². The smallest absolute Gasteiger partial charge is 0.326 e. The molecule has 1 aromatic carbocycles. The molecule has 1 aliphatic rings. The van der Waals surface area contributed by atoms with Crippen molar-refractivity contribution in [2.75, 3.05) is 6.61 Å². The first-order valence-electron chi connectivity index (χ1n) is 8.12. The van der Waals surface area contributed by atoms with E-state index in [-0.39, 0.29) is 5.97 Å². The molecule has 0 aliphatic heterocycles. The monoisotopic (exact) mass is 289 g/mol. The molecule has 2 atom stereocenters. The van der Waals surface area contributed by atoms with Crippen LogP contribution in [0.5, 0.6) is 0 Å². The van der Waals surface area contributed by atoms with Gasteiger partial charge in [0.1, 0.15) is 5.54 Å². The largest absolute Gasteiger partial charge is 0.465 e. The molecule has 1 aromatic rings. The van der Waals surface area contributed by atoms with Gasteiger partial charge in [-0.3, -0.25) is 10.1 Å². The van der Waals surface area contributed by atoms with Gasteiger partial charge in [-0.2, -0.15) is 0 Å². The van der Waals surface area contributed by atoms with Gasteiger partial charge in [0.25, 0.3) is 0 Å². The summed E-state index contributed by atoms with van der Waals surface area (Å²) in [6, 6.07) is 10.3. The third kappa shape index (κ3) is 4.31. The van der Waals surface area contributed by atoms with E-state index in [1.807, 2.05) is 25.1 Å². The minimum absolute atomic E-state index is 0.0740. The van der Waals surface area contributed by atoms with Crippen molar-refractivity contribution in [3.63, 3.8) is 0 Å². The fourth-order valence-corrected chi connectivity index (χ4v) is 3.10. The second-order valence-corrected chi connectivity index (χ2v) is 6.18. The van der Waals surface area contributed by atoms with Crippen LogP contribution in [-0.4, -0.2) is 18.1 Å². The number of ether oxygens (including phenoxy) is 1. The van der Waals surface area contributed by atoms with E-state index in [1.54, 1.807) is 0 Å². The van der Waals surface area contributed by atoms with Crippen molar-refractivity contribution < 1.29 is 9.53 Å². The van der Waals surface area contributed by atoms with E-state index in [2.05, 4.69) is 24.4 Å². The van der Waals surface area contributed by atoms with Gasteiger partial charge < -0.3 is 4.74 Å².